The third-order valence-corrected chi connectivity index (χ3v) is 5.58. The van der Waals surface area contributed by atoms with Crippen LogP contribution in [0.1, 0.15) is 48.8 Å². The van der Waals surface area contributed by atoms with Crippen molar-refractivity contribution in [1.29, 1.82) is 0 Å². The average molecular weight is 448 g/mol. The Balaban J connectivity index is 1.46. The second-order valence-electron chi connectivity index (χ2n) is 9.17. The zero-order valence-corrected chi connectivity index (χ0v) is 19.5. The monoisotopic (exact) mass is 447 g/mol. The van der Waals surface area contributed by atoms with Gasteiger partial charge in [0, 0.05) is 31.2 Å². The fourth-order valence-corrected chi connectivity index (χ4v) is 3.86. The first-order valence-corrected chi connectivity index (χ1v) is 11.0. The first-order chi connectivity index (χ1) is 15.7. The summed E-state index contributed by atoms with van der Waals surface area (Å²) in [6, 6.07) is 11.6. The summed E-state index contributed by atoms with van der Waals surface area (Å²) in [6.07, 6.45) is 6.46. The molecule has 0 saturated carbocycles. The standard InChI is InChI=1S/C26H29N3O4/c1-26(2,3)33-25(31)28-12-9-19(10-13-28)22-15-21-11-14-29(23(21)16-27-22)17-18-5-7-20(8-6-18)24(30)32-4/h5-9,11,14-16H,10,12-13,17H2,1-4H3. The lowest BCUT2D eigenvalue weighted by Crippen LogP contribution is -2.39. The number of hydrogen-bond acceptors (Lipinski definition) is 5. The van der Waals surface area contributed by atoms with E-state index in [0.717, 1.165) is 34.2 Å². The molecule has 1 aromatic carbocycles. The van der Waals surface area contributed by atoms with Crippen LogP contribution in [0, 0.1) is 0 Å². The maximum atomic E-state index is 12.3. The van der Waals surface area contributed by atoms with E-state index in [1.807, 2.05) is 45.3 Å². The topological polar surface area (TPSA) is 73.7 Å². The Labute approximate surface area is 193 Å². The molecule has 0 spiro atoms. The van der Waals surface area contributed by atoms with Gasteiger partial charge >= 0.3 is 12.1 Å². The van der Waals surface area contributed by atoms with Crippen molar-refractivity contribution in [2.45, 2.75) is 39.3 Å². The SMILES string of the molecule is COC(=O)c1ccc(Cn2ccc3cc(C4=CCN(C(=O)OC(C)(C)C)CC4)ncc32)cc1. The van der Waals surface area contributed by atoms with Gasteiger partial charge in [-0.3, -0.25) is 4.98 Å². The predicted molar refractivity (Wildman–Crippen MR) is 127 cm³/mol. The molecule has 0 unspecified atom stereocenters. The molecule has 3 aromatic rings. The van der Waals surface area contributed by atoms with E-state index in [1.165, 1.54) is 7.11 Å². The fraction of sp³-hybridized carbons (Fsp3) is 0.346. The molecule has 0 saturated heterocycles. The Hall–Kier alpha value is -3.61. The van der Waals surface area contributed by atoms with Crippen LogP contribution in [-0.4, -0.2) is 52.3 Å². The van der Waals surface area contributed by atoms with E-state index in [2.05, 4.69) is 22.8 Å². The summed E-state index contributed by atoms with van der Waals surface area (Å²) in [5.41, 5.74) is 4.25. The molecule has 2 aromatic heterocycles. The van der Waals surface area contributed by atoms with Gasteiger partial charge in [-0.05, 0) is 62.6 Å². The number of carbonyl (C=O) groups excluding carboxylic acids is 2. The van der Waals surface area contributed by atoms with Crippen LogP contribution in [0.25, 0.3) is 16.5 Å². The molecule has 0 aliphatic carbocycles. The van der Waals surface area contributed by atoms with Crippen LogP contribution in [0.2, 0.25) is 0 Å². The second-order valence-corrected chi connectivity index (χ2v) is 9.17. The van der Waals surface area contributed by atoms with E-state index < -0.39 is 5.60 Å². The molecular weight excluding hydrogens is 418 g/mol. The van der Waals surface area contributed by atoms with E-state index in [0.29, 0.717) is 25.2 Å². The summed E-state index contributed by atoms with van der Waals surface area (Å²) < 4.78 is 12.4. The molecule has 0 N–H and O–H groups in total. The maximum absolute atomic E-state index is 12.3. The normalized spacial score (nSPS) is 14.2. The van der Waals surface area contributed by atoms with Gasteiger partial charge in [-0.1, -0.05) is 18.2 Å². The summed E-state index contributed by atoms with van der Waals surface area (Å²) in [7, 11) is 1.38. The number of hydrogen-bond donors (Lipinski definition) is 0. The van der Waals surface area contributed by atoms with Crippen LogP contribution < -0.4 is 0 Å². The lowest BCUT2D eigenvalue weighted by molar-refractivity contribution is 0.0270. The summed E-state index contributed by atoms with van der Waals surface area (Å²) >= 11 is 0. The number of esters is 1. The highest BCUT2D eigenvalue weighted by molar-refractivity contribution is 5.89. The van der Waals surface area contributed by atoms with Crippen LogP contribution >= 0.6 is 0 Å². The van der Waals surface area contributed by atoms with Crippen molar-refractivity contribution >= 4 is 28.5 Å². The van der Waals surface area contributed by atoms with Crippen LogP contribution in [0.3, 0.4) is 0 Å². The van der Waals surface area contributed by atoms with Gasteiger partial charge in [0.05, 0.1) is 30.1 Å². The van der Waals surface area contributed by atoms with Crippen molar-refractivity contribution in [1.82, 2.24) is 14.5 Å². The Bertz CT molecular complexity index is 1200. The lowest BCUT2D eigenvalue weighted by atomic mass is 10.0. The van der Waals surface area contributed by atoms with Crippen molar-refractivity contribution in [3.8, 4) is 0 Å². The van der Waals surface area contributed by atoms with Crippen LogP contribution in [0.15, 0.2) is 54.9 Å². The number of benzene rings is 1. The van der Waals surface area contributed by atoms with Crippen molar-refractivity contribution in [2.24, 2.45) is 0 Å². The van der Waals surface area contributed by atoms with Crippen molar-refractivity contribution in [3.63, 3.8) is 0 Å². The van der Waals surface area contributed by atoms with Gasteiger partial charge in [-0.15, -0.1) is 0 Å². The van der Waals surface area contributed by atoms with Gasteiger partial charge in [0.25, 0.3) is 0 Å². The van der Waals surface area contributed by atoms with Crippen LogP contribution in [0.4, 0.5) is 4.79 Å². The maximum Gasteiger partial charge on any atom is 0.410 e. The van der Waals surface area contributed by atoms with Crippen molar-refractivity contribution in [3.05, 3.63) is 71.7 Å². The van der Waals surface area contributed by atoms with Gasteiger partial charge in [-0.25, -0.2) is 9.59 Å². The van der Waals surface area contributed by atoms with E-state index >= 15 is 0 Å². The lowest BCUT2D eigenvalue weighted by Gasteiger charge is -2.29. The Morgan fingerprint density at radius 1 is 1.12 bits per heavy atom. The Morgan fingerprint density at radius 2 is 1.88 bits per heavy atom. The quantitative estimate of drug-likeness (QED) is 0.532. The number of carbonyl (C=O) groups is 2. The molecule has 33 heavy (non-hydrogen) atoms. The van der Waals surface area contributed by atoms with Gasteiger partial charge in [0.15, 0.2) is 0 Å². The van der Waals surface area contributed by atoms with Gasteiger partial charge < -0.3 is 18.9 Å². The van der Waals surface area contributed by atoms with Gasteiger partial charge in [0.1, 0.15) is 5.60 Å². The molecule has 0 bridgehead atoms. The molecule has 3 heterocycles. The number of fused-ring (bicyclic) bond motifs is 1. The second kappa shape index (κ2) is 9.10. The van der Waals surface area contributed by atoms with Crippen molar-refractivity contribution in [2.75, 3.05) is 20.2 Å². The van der Waals surface area contributed by atoms with E-state index in [4.69, 9.17) is 14.5 Å². The minimum absolute atomic E-state index is 0.280. The number of ether oxygens (including phenoxy) is 2. The molecular formula is C26H29N3O4. The van der Waals surface area contributed by atoms with E-state index in [-0.39, 0.29) is 12.1 Å². The number of methoxy groups -OCH3 is 1. The predicted octanol–water partition coefficient (Wildman–Crippen LogP) is 4.90. The molecule has 7 heteroatoms. The fourth-order valence-electron chi connectivity index (χ4n) is 3.86. The third-order valence-electron chi connectivity index (χ3n) is 5.58. The first kappa shape index (κ1) is 22.6. The van der Waals surface area contributed by atoms with Crippen LogP contribution in [0.5, 0.6) is 0 Å². The Kier molecular flexibility index (Phi) is 6.22. The minimum atomic E-state index is -0.496. The minimum Gasteiger partial charge on any atom is -0.465 e. The Morgan fingerprint density at radius 3 is 2.52 bits per heavy atom. The smallest absolute Gasteiger partial charge is 0.410 e. The molecule has 1 aliphatic rings. The highest BCUT2D eigenvalue weighted by Crippen LogP contribution is 2.26. The van der Waals surface area contributed by atoms with E-state index in [9.17, 15) is 9.59 Å². The molecule has 1 aliphatic heterocycles. The highest BCUT2D eigenvalue weighted by atomic mass is 16.6. The molecule has 0 atom stereocenters. The zero-order chi connectivity index (χ0) is 23.6. The summed E-state index contributed by atoms with van der Waals surface area (Å²) in [6.45, 7) is 7.44. The largest absolute Gasteiger partial charge is 0.465 e. The molecule has 7 nitrogen and oxygen atoms in total. The molecule has 0 fully saturated rings. The number of rotatable bonds is 4. The van der Waals surface area contributed by atoms with E-state index in [1.54, 1.807) is 17.0 Å². The summed E-state index contributed by atoms with van der Waals surface area (Å²) in [4.78, 5) is 30.3. The summed E-state index contributed by atoms with van der Waals surface area (Å²) in [5, 5.41) is 1.11. The number of pyridine rings is 1. The number of aromatic nitrogens is 2. The first-order valence-electron chi connectivity index (χ1n) is 11.0. The average Bonchev–Trinajstić information content (AvgIpc) is 3.20. The van der Waals surface area contributed by atoms with Gasteiger partial charge in [0.2, 0.25) is 0 Å². The van der Waals surface area contributed by atoms with Crippen LogP contribution in [-0.2, 0) is 16.0 Å². The number of amides is 1. The van der Waals surface area contributed by atoms with Crippen molar-refractivity contribution < 1.29 is 19.1 Å². The summed E-state index contributed by atoms with van der Waals surface area (Å²) in [5.74, 6) is -0.337. The molecule has 0 radical (unpaired) electrons. The number of nitrogens with zero attached hydrogens (tertiary/aromatic N) is 3. The molecule has 172 valence electrons. The third kappa shape index (κ3) is 5.25. The zero-order valence-electron chi connectivity index (χ0n) is 19.5. The molecule has 4 rings (SSSR count). The highest BCUT2D eigenvalue weighted by Gasteiger charge is 2.24. The molecule has 1 amide bonds. The van der Waals surface area contributed by atoms with Gasteiger partial charge in [-0.2, -0.15) is 0 Å².